The maximum atomic E-state index is 12.7. The fourth-order valence-corrected chi connectivity index (χ4v) is 4.99. The summed E-state index contributed by atoms with van der Waals surface area (Å²) in [4.78, 5) is 14.4. The van der Waals surface area contributed by atoms with E-state index >= 15 is 0 Å². The van der Waals surface area contributed by atoms with Crippen LogP contribution in [0.15, 0.2) is 51.8 Å². The van der Waals surface area contributed by atoms with Gasteiger partial charge in [0, 0.05) is 30.7 Å². The number of hydrogen-bond acceptors (Lipinski definition) is 4. The molecule has 1 aliphatic rings. The number of amides is 1. The minimum Gasteiger partial charge on any atom is -0.336 e. The van der Waals surface area contributed by atoms with Crippen molar-refractivity contribution in [2.24, 2.45) is 0 Å². The predicted octanol–water partition coefficient (Wildman–Crippen LogP) is 3.12. The molecule has 3 rings (SSSR count). The third-order valence-corrected chi connectivity index (χ3v) is 7.03. The minimum absolute atomic E-state index is 0.136. The highest BCUT2D eigenvalue weighted by molar-refractivity contribution is 9.10. The first-order chi connectivity index (χ1) is 12.8. The Labute approximate surface area is 171 Å². The van der Waals surface area contributed by atoms with Crippen LogP contribution >= 0.6 is 27.5 Å². The van der Waals surface area contributed by atoms with E-state index in [1.165, 1.54) is 28.6 Å². The van der Waals surface area contributed by atoms with Gasteiger partial charge < -0.3 is 4.90 Å². The quantitative estimate of drug-likeness (QED) is 0.693. The first-order valence-electron chi connectivity index (χ1n) is 8.07. The molecular formula is C18H15BrClN3O3S. The van der Waals surface area contributed by atoms with E-state index in [-0.39, 0.29) is 37.0 Å². The van der Waals surface area contributed by atoms with Gasteiger partial charge in [-0.15, -0.1) is 0 Å². The number of benzene rings is 2. The molecule has 0 N–H and O–H groups in total. The lowest BCUT2D eigenvalue weighted by molar-refractivity contribution is 0.0698. The van der Waals surface area contributed by atoms with Gasteiger partial charge in [-0.2, -0.15) is 9.57 Å². The Balaban J connectivity index is 1.70. The maximum absolute atomic E-state index is 12.7. The first-order valence-corrected chi connectivity index (χ1v) is 10.7. The summed E-state index contributed by atoms with van der Waals surface area (Å²) in [7, 11) is -3.66. The molecule has 0 atom stereocenters. The second kappa shape index (κ2) is 7.98. The summed E-state index contributed by atoms with van der Waals surface area (Å²) >= 11 is 9.44. The van der Waals surface area contributed by atoms with E-state index < -0.39 is 10.0 Å². The van der Waals surface area contributed by atoms with Gasteiger partial charge in [0.1, 0.15) is 0 Å². The van der Waals surface area contributed by atoms with Crippen molar-refractivity contribution >= 4 is 43.5 Å². The molecule has 1 fully saturated rings. The number of halogens is 2. The smallest absolute Gasteiger partial charge is 0.255 e. The Bertz CT molecular complexity index is 1010. The van der Waals surface area contributed by atoms with Crippen LogP contribution in [0, 0.1) is 11.3 Å². The molecule has 1 amide bonds. The third-order valence-electron chi connectivity index (χ3n) is 4.31. The highest BCUT2D eigenvalue weighted by atomic mass is 79.9. The van der Waals surface area contributed by atoms with Crippen molar-refractivity contribution in [3.05, 3.63) is 63.1 Å². The molecule has 9 heteroatoms. The van der Waals surface area contributed by atoms with E-state index in [4.69, 9.17) is 16.9 Å². The highest BCUT2D eigenvalue weighted by Gasteiger charge is 2.30. The Morgan fingerprint density at radius 1 is 1.07 bits per heavy atom. The second-order valence-corrected chi connectivity index (χ2v) is 9.22. The maximum Gasteiger partial charge on any atom is 0.255 e. The van der Waals surface area contributed by atoms with E-state index in [0.717, 1.165) is 4.47 Å². The van der Waals surface area contributed by atoms with Crippen LogP contribution in [0.3, 0.4) is 0 Å². The van der Waals surface area contributed by atoms with Gasteiger partial charge in [0.25, 0.3) is 5.91 Å². The van der Waals surface area contributed by atoms with Gasteiger partial charge in [-0.1, -0.05) is 27.5 Å². The van der Waals surface area contributed by atoms with Crippen molar-refractivity contribution < 1.29 is 13.2 Å². The normalized spacial score (nSPS) is 15.4. The summed E-state index contributed by atoms with van der Waals surface area (Å²) in [5.74, 6) is -0.220. The fourth-order valence-electron chi connectivity index (χ4n) is 2.82. The Morgan fingerprint density at radius 3 is 2.26 bits per heavy atom. The van der Waals surface area contributed by atoms with Gasteiger partial charge in [0.2, 0.25) is 10.0 Å². The summed E-state index contributed by atoms with van der Waals surface area (Å²) in [6.45, 7) is 0.950. The lowest BCUT2D eigenvalue weighted by atomic mass is 10.2. The molecule has 0 bridgehead atoms. The van der Waals surface area contributed by atoms with Crippen LogP contribution < -0.4 is 0 Å². The number of rotatable bonds is 3. The summed E-state index contributed by atoms with van der Waals surface area (Å²) < 4.78 is 27.6. The predicted molar refractivity (Wildman–Crippen MR) is 105 cm³/mol. The van der Waals surface area contributed by atoms with Crippen LogP contribution in [-0.2, 0) is 10.0 Å². The zero-order valence-electron chi connectivity index (χ0n) is 14.1. The first kappa shape index (κ1) is 19.8. The van der Waals surface area contributed by atoms with Crippen LogP contribution in [0.25, 0.3) is 0 Å². The van der Waals surface area contributed by atoms with Gasteiger partial charge in [-0.25, -0.2) is 8.42 Å². The number of hydrogen-bond donors (Lipinski definition) is 0. The topological polar surface area (TPSA) is 81.5 Å². The summed E-state index contributed by atoms with van der Waals surface area (Å²) in [6.07, 6.45) is 0. The number of carbonyl (C=O) groups is 1. The molecule has 27 heavy (non-hydrogen) atoms. The molecule has 2 aromatic rings. The number of sulfonamides is 1. The Kier molecular flexibility index (Phi) is 5.86. The molecule has 1 aliphatic heterocycles. The largest absolute Gasteiger partial charge is 0.336 e. The van der Waals surface area contributed by atoms with Crippen LogP contribution in [0.4, 0.5) is 0 Å². The third kappa shape index (κ3) is 4.17. The molecule has 6 nitrogen and oxygen atoms in total. The number of piperazine rings is 1. The van der Waals surface area contributed by atoms with Gasteiger partial charge in [-0.05, 0) is 42.5 Å². The van der Waals surface area contributed by atoms with Crippen LogP contribution in [-0.4, -0.2) is 49.7 Å². The van der Waals surface area contributed by atoms with Gasteiger partial charge in [-0.3, -0.25) is 4.79 Å². The van der Waals surface area contributed by atoms with Crippen molar-refractivity contribution in [1.82, 2.24) is 9.21 Å². The van der Waals surface area contributed by atoms with Crippen LogP contribution in [0.2, 0.25) is 5.02 Å². The Hall–Kier alpha value is -1.92. The van der Waals surface area contributed by atoms with E-state index in [1.807, 2.05) is 6.07 Å². The van der Waals surface area contributed by atoms with Crippen molar-refractivity contribution in [2.45, 2.75) is 4.90 Å². The van der Waals surface area contributed by atoms with Gasteiger partial charge >= 0.3 is 0 Å². The van der Waals surface area contributed by atoms with Crippen molar-refractivity contribution in [2.75, 3.05) is 26.2 Å². The molecule has 1 heterocycles. The zero-order chi connectivity index (χ0) is 19.6. The molecule has 1 saturated heterocycles. The molecule has 0 saturated carbocycles. The molecule has 0 spiro atoms. The fraction of sp³-hybridized carbons (Fsp3) is 0.222. The van der Waals surface area contributed by atoms with E-state index in [2.05, 4.69) is 15.9 Å². The molecule has 140 valence electrons. The average molecular weight is 469 g/mol. The number of nitrogens with zero attached hydrogens (tertiary/aromatic N) is 3. The zero-order valence-corrected chi connectivity index (χ0v) is 17.3. The van der Waals surface area contributed by atoms with Crippen molar-refractivity contribution in [1.29, 1.82) is 5.26 Å². The highest BCUT2D eigenvalue weighted by Crippen LogP contribution is 2.24. The summed E-state index contributed by atoms with van der Waals surface area (Å²) in [5.41, 5.74) is 0.791. The SMILES string of the molecule is N#Cc1ccc(S(=O)(=O)N2CCN(C(=O)c3ccc(Br)cc3Cl)CC2)cc1. The molecule has 0 aliphatic carbocycles. The lowest BCUT2D eigenvalue weighted by Gasteiger charge is -2.34. The Morgan fingerprint density at radius 2 is 1.70 bits per heavy atom. The average Bonchev–Trinajstić information content (AvgIpc) is 2.67. The standard InChI is InChI=1S/C18H15BrClN3O3S/c19-14-3-6-16(17(20)11-14)18(24)22-7-9-23(10-8-22)27(25,26)15-4-1-13(12-21)2-5-15/h1-6,11H,7-10H2. The molecule has 0 unspecified atom stereocenters. The van der Waals surface area contributed by atoms with E-state index in [0.29, 0.717) is 16.1 Å². The molecule has 2 aromatic carbocycles. The minimum atomic E-state index is -3.66. The van der Waals surface area contributed by atoms with Gasteiger partial charge in [0.15, 0.2) is 0 Å². The van der Waals surface area contributed by atoms with Gasteiger partial charge in [0.05, 0.1) is 27.1 Å². The molecule has 0 aromatic heterocycles. The summed E-state index contributed by atoms with van der Waals surface area (Å²) in [5, 5.41) is 9.18. The van der Waals surface area contributed by atoms with Crippen LogP contribution in [0.1, 0.15) is 15.9 Å². The number of carbonyl (C=O) groups excluding carboxylic acids is 1. The van der Waals surface area contributed by atoms with Crippen molar-refractivity contribution in [3.8, 4) is 6.07 Å². The molecule has 0 radical (unpaired) electrons. The lowest BCUT2D eigenvalue weighted by Crippen LogP contribution is -2.50. The monoisotopic (exact) mass is 467 g/mol. The second-order valence-electron chi connectivity index (χ2n) is 5.96. The van der Waals surface area contributed by atoms with E-state index in [9.17, 15) is 13.2 Å². The number of nitriles is 1. The van der Waals surface area contributed by atoms with Crippen LogP contribution in [0.5, 0.6) is 0 Å². The van der Waals surface area contributed by atoms with Crippen molar-refractivity contribution in [3.63, 3.8) is 0 Å². The summed E-state index contributed by atoms with van der Waals surface area (Å²) in [6, 6.07) is 12.8. The van der Waals surface area contributed by atoms with E-state index in [1.54, 1.807) is 23.1 Å². The molecular weight excluding hydrogens is 454 g/mol.